The molecule has 15 aliphatic carbocycles. The molecule has 0 spiro atoms. The maximum atomic E-state index is 14.4. The average molecular weight is 1550 g/mol. The Labute approximate surface area is 674 Å². The first-order valence-electron chi connectivity index (χ1n) is 47.7. The summed E-state index contributed by atoms with van der Waals surface area (Å²) in [4.78, 5) is 0.414. The summed E-state index contributed by atoms with van der Waals surface area (Å²) in [6.07, 6.45) is 51.1. The van der Waals surface area contributed by atoms with E-state index < -0.39 is 37.5 Å². The van der Waals surface area contributed by atoms with Crippen LogP contribution in [0.4, 0.5) is 0 Å². The van der Waals surface area contributed by atoms with Gasteiger partial charge in [0.15, 0.2) is 9.84 Å². The molecule has 0 aromatic heterocycles. The van der Waals surface area contributed by atoms with Gasteiger partial charge in [0.2, 0.25) is 0 Å². The topological polar surface area (TPSA) is 176 Å². The highest BCUT2D eigenvalue weighted by Crippen LogP contribution is 2.73. The van der Waals surface area contributed by atoms with E-state index in [1.54, 1.807) is 12.1 Å². The normalized spacial score (nSPS) is 51.3. The molecule has 0 bridgehead atoms. The molecule has 0 radical (unpaired) electrons. The van der Waals surface area contributed by atoms with Crippen LogP contribution in [0.15, 0.2) is 35.2 Å². The predicted molar refractivity (Wildman–Crippen MR) is 451 cm³/mol. The highest BCUT2D eigenvalue weighted by molar-refractivity contribution is 7.92. The van der Waals surface area contributed by atoms with E-state index in [4.69, 9.17) is 5.11 Å². The van der Waals surface area contributed by atoms with E-state index in [-0.39, 0.29) is 22.5 Å². The molecule has 16 rings (SSSR count). The number of hydrogen-bond acceptors (Lipinski definition) is 9. The Morgan fingerprint density at radius 1 is 0.345 bits per heavy atom. The summed E-state index contributed by atoms with van der Waals surface area (Å²) >= 11 is 0. The lowest BCUT2D eigenvalue weighted by atomic mass is 9.43. The van der Waals surface area contributed by atoms with Crippen LogP contribution in [0, 0.1) is 157 Å². The highest BCUT2D eigenvalue weighted by Gasteiger charge is 2.66. The van der Waals surface area contributed by atoms with Crippen molar-refractivity contribution in [3.63, 3.8) is 0 Å². The van der Waals surface area contributed by atoms with Gasteiger partial charge < -0.3 is 35.7 Å². The molecule has 0 amide bonds. The minimum atomic E-state index is -3.60. The van der Waals surface area contributed by atoms with Crippen molar-refractivity contribution in [3.8, 4) is 0 Å². The predicted octanol–water partition coefficient (Wildman–Crippen LogP) is 23.3. The van der Waals surface area contributed by atoms with Crippen molar-refractivity contribution in [3.05, 3.63) is 30.3 Å². The van der Waals surface area contributed by atoms with Crippen LogP contribution in [-0.2, 0) is 9.84 Å². The first-order valence-corrected chi connectivity index (χ1v) is 49.2. The summed E-state index contributed by atoms with van der Waals surface area (Å²) in [6, 6.07) is 9.07. The Morgan fingerprint density at radius 2 is 0.645 bits per heavy atom. The van der Waals surface area contributed by atoms with Crippen LogP contribution in [0.2, 0.25) is 0 Å². The number of fused-ring (bicyclic) bond motifs is 15. The first kappa shape index (κ1) is 86.7. The second kappa shape index (κ2) is 32.5. The van der Waals surface area contributed by atoms with Crippen molar-refractivity contribution in [2.24, 2.45) is 157 Å². The number of sulfone groups is 1. The van der Waals surface area contributed by atoms with Crippen molar-refractivity contribution >= 4 is 9.84 Å². The van der Waals surface area contributed by atoms with Gasteiger partial charge in [-0.15, -0.1) is 0 Å². The van der Waals surface area contributed by atoms with Crippen LogP contribution in [-0.4, -0.2) is 90.1 Å². The molecule has 15 fully saturated rings. The molecular weight excluding hydrogens is 1380 g/mol. The summed E-state index contributed by atoms with van der Waals surface area (Å²) in [5.74, 6) is 15.5. The van der Waals surface area contributed by atoms with Gasteiger partial charge in [-0.3, -0.25) is 0 Å². The molecule has 1 aromatic rings. The fraction of sp³-hybridized carbons (Fsp3) is 0.940. The Morgan fingerprint density at radius 3 is 0.982 bits per heavy atom. The van der Waals surface area contributed by atoms with Crippen molar-refractivity contribution in [2.75, 3.05) is 7.11 Å². The minimum Gasteiger partial charge on any atom is -0.400 e. The van der Waals surface area contributed by atoms with Crippen LogP contribution in [0.25, 0.3) is 0 Å². The molecule has 15 aliphatic rings. The van der Waals surface area contributed by atoms with Gasteiger partial charge in [-0.25, -0.2) is 8.42 Å². The van der Waals surface area contributed by atoms with Gasteiger partial charge in [0.1, 0.15) is 0 Å². The molecule has 15 saturated carbocycles. The minimum absolute atomic E-state index is 0.00170. The zero-order valence-corrected chi connectivity index (χ0v) is 74.4. The zero-order valence-electron chi connectivity index (χ0n) is 73.6. The molecular formula is C100H170O9S. The van der Waals surface area contributed by atoms with E-state index in [1.807, 2.05) is 25.1 Å². The molecule has 0 heterocycles. The Bertz CT molecular complexity index is 3180. The van der Waals surface area contributed by atoms with E-state index >= 15 is 0 Å². The van der Waals surface area contributed by atoms with E-state index in [0.29, 0.717) is 74.9 Å². The van der Waals surface area contributed by atoms with E-state index in [2.05, 4.69) is 96.9 Å². The van der Waals surface area contributed by atoms with Gasteiger partial charge in [0.25, 0.3) is 0 Å². The largest absolute Gasteiger partial charge is 0.400 e. The summed E-state index contributed by atoms with van der Waals surface area (Å²) in [6.45, 7) is 36.1. The second-order valence-electron chi connectivity index (χ2n) is 47.0. The highest BCUT2D eigenvalue weighted by atomic mass is 32.2. The summed E-state index contributed by atoms with van der Waals surface area (Å²) in [7, 11) is -2.60. The van der Waals surface area contributed by atoms with Crippen LogP contribution in [0.3, 0.4) is 0 Å². The van der Waals surface area contributed by atoms with Gasteiger partial charge >= 0.3 is 0 Å². The van der Waals surface area contributed by atoms with E-state index in [0.717, 1.165) is 205 Å². The Balaban J connectivity index is 0.000000145. The fourth-order valence-electron chi connectivity index (χ4n) is 33.1. The SMILES string of the molecule is CC1CCC(O)(CC([C@@H](C)[C@H]2CC[C@H]3[C@@H]4CC[C@H]5C[C@@](C)(O)CC[C@]5(C)[C@H]4CC[C@]23C)S(=O)(=O)c2ccccc2)CC1.CC1CCC(O)(CC[C@@H](C)[C@H]2CC[C@H]3[C@@H]4CC[C@H]5C[C@@](C)(O)CC[C@]5(C)[C@H]4CC[C@]23C)CC1.CC1CCC(O)(CC[C@@H](C)[C@H]2CC[C@H]3[C@@H]4CC[C@H]5C[C@@](C)(O)CC[C@]5(C)[C@H]4CC[C@]23C)CC1.CO. The Hall–Kier alpha value is -1.11. The van der Waals surface area contributed by atoms with Crippen molar-refractivity contribution in [2.45, 2.75) is 430 Å². The quantitative estimate of drug-likeness (QED) is 0.0956. The third kappa shape index (κ3) is 16.7. The Kier molecular flexibility index (Phi) is 25.6. The second-order valence-corrected chi connectivity index (χ2v) is 49.1. The molecule has 10 heteroatoms. The molecule has 110 heavy (non-hydrogen) atoms. The van der Waals surface area contributed by atoms with Gasteiger partial charge in [-0.1, -0.05) is 101 Å². The molecule has 28 atom stereocenters. The fourth-order valence-corrected chi connectivity index (χ4v) is 35.3. The van der Waals surface area contributed by atoms with Crippen LogP contribution < -0.4 is 0 Å². The standard InChI is InChI=1S/C37H58O4S.2C31H54O2.CH4O/c1-25-15-19-37(39,20-16-25)24-33(42(40,41)28-9-7-6-8-10-28)26(2)30-13-14-31-29-12-11-27-23-34(3,38)21-22-35(27,4)32(29)17-18-36(30,31)5;2*1-21-10-15-31(33,16-11-21)17-12-22(2)25-8-9-26-24-7-6-23-20-28(3,32)18-19-29(23,4)27(24)13-14-30(25,26)5;1-2/h6-10,25-27,29-33,38-39H,11-24H2,1-5H3;2*21-27,32-33H,6-20H2,1-5H3;2H,1H3/t25?,26-,27-,29-,30+,31-,32-,33?,34-,35-,36+,37?;2*21?,22-,23+,24+,25-,26+,27+,28+,29+,30-,31?;/m011./s1. The van der Waals surface area contributed by atoms with Crippen molar-refractivity contribution in [1.82, 2.24) is 0 Å². The lowest BCUT2D eigenvalue weighted by Crippen LogP contribution is -2.56. The molecule has 630 valence electrons. The zero-order chi connectivity index (χ0) is 79.4. The maximum absolute atomic E-state index is 14.4. The monoisotopic (exact) mass is 1550 g/mol. The lowest BCUT2D eigenvalue weighted by Gasteiger charge is -2.62. The number of aliphatic hydroxyl groups is 7. The summed E-state index contributed by atoms with van der Waals surface area (Å²) in [5.41, 5.74) is -0.514. The summed E-state index contributed by atoms with van der Waals surface area (Å²) in [5, 5.41) is 73.0. The number of rotatable bonds is 14. The molecule has 0 aliphatic heterocycles. The number of aliphatic hydroxyl groups excluding tert-OH is 1. The maximum Gasteiger partial charge on any atom is 0.181 e. The molecule has 0 saturated heterocycles. The van der Waals surface area contributed by atoms with Gasteiger partial charge in [0.05, 0.1) is 43.8 Å². The van der Waals surface area contributed by atoms with E-state index in [9.17, 15) is 39.1 Å². The van der Waals surface area contributed by atoms with Crippen LogP contribution in [0.5, 0.6) is 0 Å². The summed E-state index contributed by atoms with van der Waals surface area (Å²) < 4.78 is 28.8. The molecule has 9 nitrogen and oxygen atoms in total. The average Bonchev–Trinajstić information content (AvgIpc) is 1.45. The van der Waals surface area contributed by atoms with Gasteiger partial charge in [-0.05, 0) is 472 Å². The lowest BCUT2D eigenvalue weighted by molar-refractivity contribution is -0.148. The smallest absolute Gasteiger partial charge is 0.181 e. The number of hydrogen-bond donors (Lipinski definition) is 7. The molecule has 1 aromatic carbocycles. The van der Waals surface area contributed by atoms with Gasteiger partial charge in [0, 0.05) is 7.11 Å². The van der Waals surface area contributed by atoms with Gasteiger partial charge in [-0.2, -0.15) is 0 Å². The number of benzene rings is 1. The molecule has 7 N–H and O–H groups in total. The van der Waals surface area contributed by atoms with E-state index in [1.165, 1.54) is 161 Å². The van der Waals surface area contributed by atoms with Crippen LogP contribution >= 0.6 is 0 Å². The third-order valence-corrected chi connectivity index (χ3v) is 42.8. The van der Waals surface area contributed by atoms with Crippen molar-refractivity contribution < 1.29 is 44.2 Å². The third-order valence-electron chi connectivity index (χ3n) is 40.5. The van der Waals surface area contributed by atoms with Crippen LogP contribution in [0.1, 0.15) is 386 Å². The first-order chi connectivity index (χ1) is 51.6. The molecule has 1 unspecified atom stereocenters. The van der Waals surface area contributed by atoms with Crippen molar-refractivity contribution in [1.29, 1.82) is 0 Å².